The van der Waals surface area contributed by atoms with E-state index in [0.717, 1.165) is 0 Å². The maximum atomic E-state index is 2.46. The second-order valence-electron chi connectivity index (χ2n) is 15.9. The molecule has 0 amide bonds. The Labute approximate surface area is 335 Å². The molecule has 0 saturated carbocycles. The Balaban J connectivity index is 1.20. The van der Waals surface area contributed by atoms with Crippen molar-refractivity contribution in [1.82, 2.24) is 0 Å². The summed E-state index contributed by atoms with van der Waals surface area (Å²) in [5.74, 6) is 0. The van der Waals surface area contributed by atoms with Gasteiger partial charge in [0.15, 0.2) is 0 Å². The zero-order chi connectivity index (χ0) is 37.9. The van der Waals surface area contributed by atoms with Gasteiger partial charge in [-0.15, -0.1) is 0 Å². The van der Waals surface area contributed by atoms with Crippen LogP contribution >= 0.6 is 0 Å². The molecule has 0 heteroatoms. The summed E-state index contributed by atoms with van der Waals surface area (Å²) in [6, 6.07) is 77.5. The Morgan fingerprint density at radius 2 is 0.690 bits per heavy atom. The number of benzene rings is 12. The first kappa shape index (κ1) is 31.6. The van der Waals surface area contributed by atoms with E-state index in [0.29, 0.717) is 0 Å². The average molecular weight is 731 g/mol. The minimum atomic E-state index is 1.21. The molecule has 266 valence electrons. The maximum absolute atomic E-state index is 2.46. The predicted octanol–water partition coefficient (Wildman–Crippen LogP) is 16.5. The fourth-order valence-electron chi connectivity index (χ4n) is 10.4. The fraction of sp³-hybridized carbons (Fsp3) is 0. The Bertz CT molecular complexity index is 3830. The Kier molecular flexibility index (Phi) is 6.54. The number of hydrogen-bond acceptors (Lipinski definition) is 0. The molecule has 58 heavy (non-hydrogen) atoms. The molecule has 0 bridgehead atoms. The van der Waals surface area contributed by atoms with Crippen molar-refractivity contribution >= 4 is 97.0 Å². The molecule has 0 spiro atoms. The van der Waals surface area contributed by atoms with Crippen molar-refractivity contribution in [3.63, 3.8) is 0 Å². The van der Waals surface area contributed by atoms with Crippen molar-refractivity contribution in [3.8, 4) is 33.4 Å². The minimum absolute atomic E-state index is 1.21. The molecular weight excluding hydrogens is 697 g/mol. The van der Waals surface area contributed by atoms with Crippen molar-refractivity contribution < 1.29 is 0 Å². The number of fused-ring (bicyclic) bond motifs is 6. The second kappa shape index (κ2) is 12.0. The van der Waals surface area contributed by atoms with Crippen LogP contribution in [0.2, 0.25) is 0 Å². The SMILES string of the molecule is c1ccc(-c2cc(-c3c4ccccc4cc4c3ccc3ccccc34)cc(-c3cc4cccc5c6cccc7ccc8cccc(c9cccc3c9c45)c8c76)c2)cc1. The highest BCUT2D eigenvalue weighted by molar-refractivity contribution is 6.38. The van der Waals surface area contributed by atoms with Gasteiger partial charge in [0, 0.05) is 0 Å². The van der Waals surface area contributed by atoms with E-state index in [1.807, 2.05) is 0 Å². The van der Waals surface area contributed by atoms with Gasteiger partial charge in [-0.1, -0.05) is 176 Å². The van der Waals surface area contributed by atoms with E-state index in [1.54, 1.807) is 0 Å². The highest BCUT2D eigenvalue weighted by Gasteiger charge is 2.20. The van der Waals surface area contributed by atoms with Gasteiger partial charge < -0.3 is 0 Å². The van der Waals surface area contributed by atoms with Gasteiger partial charge in [-0.25, -0.2) is 0 Å². The van der Waals surface area contributed by atoms with Crippen molar-refractivity contribution in [2.45, 2.75) is 0 Å². The fourth-order valence-corrected chi connectivity index (χ4v) is 10.4. The first-order valence-corrected chi connectivity index (χ1v) is 20.2. The van der Waals surface area contributed by atoms with Crippen molar-refractivity contribution in [2.75, 3.05) is 0 Å². The molecule has 0 atom stereocenters. The largest absolute Gasteiger partial charge is 0.0622 e. The van der Waals surface area contributed by atoms with E-state index in [-0.39, 0.29) is 0 Å². The molecule has 13 aromatic rings. The summed E-state index contributed by atoms with van der Waals surface area (Å²) >= 11 is 0. The van der Waals surface area contributed by atoms with Crippen molar-refractivity contribution in [2.24, 2.45) is 0 Å². The summed E-state index contributed by atoms with van der Waals surface area (Å²) in [5.41, 5.74) is 7.37. The molecule has 13 rings (SSSR count). The summed E-state index contributed by atoms with van der Waals surface area (Å²) in [6.45, 7) is 0. The molecule has 0 fully saturated rings. The molecule has 0 aromatic heterocycles. The monoisotopic (exact) mass is 730 g/mol. The van der Waals surface area contributed by atoms with Crippen molar-refractivity contribution in [1.29, 1.82) is 0 Å². The van der Waals surface area contributed by atoms with Crippen LogP contribution < -0.4 is 0 Å². The van der Waals surface area contributed by atoms with Crippen LogP contribution in [-0.2, 0) is 0 Å². The lowest BCUT2D eigenvalue weighted by molar-refractivity contribution is 1.60. The van der Waals surface area contributed by atoms with Gasteiger partial charge in [0.1, 0.15) is 0 Å². The lowest BCUT2D eigenvalue weighted by Gasteiger charge is -2.19. The average Bonchev–Trinajstić information content (AvgIpc) is 3.29. The van der Waals surface area contributed by atoms with Crippen LogP contribution in [0.1, 0.15) is 0 Å². The smallest absolute Gasteiger partial charge is 0.00141 e. The van der Waals surface area contributed by atoms with Crippen LogP contribution in [0.15, 0.2) is 206 Å². The third-order valence-electron chi connectivity index (χ3n) is 12.9. The van der Waals surface area contributed by atoms with Gasteiger partial charge in [-0.3, -0.25) is 0 Å². The standard InChI is InChI=1S/C58H34/c1-2-12-35(13-3-1)41-30-42(32-43(31-41)54-45-20-7-5-15-39(45)33-53-44-19-6-4-14-36(44)28-29-51(53)54)52-34-40-18-10-23-47-46-21-8-16-37-26-27-38-17-9-22-48(56(38)55(37)46)49-24-11-25-50(52)58(49)57(40)47/h1-34H. The van der Waals surface area contributed by atoms with Gasteiger partial charge in [0.2, 0.25) is 0 Å². The molecule has 0 aliphatic rings. The molecule has 0 aliphatic heterocycles. The summed E-state index contributed by atoms with van der Waals surface area (Å²) in [7, 11) is 0. The van der Waals surface area contributed by atoms with Crippen LogP contribution in [0, 0.1) is 0 Å². The van der Waals surface area contributed by atoms with Crippen LogP contribution in [0.25, 0.3) is 130 Å². The Morgan fingerprint density at radius 1 is 0.190 bits per heavy atom. The molecule has 0 aliphatic carbocycles. The number of rotatable bonds is 3. The van der Waals surface area contributed by atoms with Crippen LogP contribution in [0.4, 0.5) is 0 Å². The predicted molar refractivity (Wildman–Crippen MR) is 251 cm³/mol. The molecule has 0 nitrogen and oxygen atoms in total. The first-order valence-electron chi connectivity index (χ1n) is 20.2. The van der Waals surface area contributed by atoms with Gasteiger partial charge in [0.25, 0.3) is 0 Å². The van der Waals surface area contributed by atoms with E-state index in [9.17, 15) is 0 Å². The molecular formula is C58H34. The summed E-state index contributed by atoms with van der Waals surface area (Å²) in [4.78, 5) is 0. The van der Waals surface area contributed by atoms with Gasteiger partial charge >= 0.3 is 0 Å². The molecule has 0 unspecified atom stereocenters. The molecule has 0 heterocycles. The third kappa shape index (κ3) is 4.46. The first-order chi connectivity index (χ1) is 28.8. The molecule has 0 N–H and O–H groups in total. The van der Waals surface area contributed by atoms with E-state index in [2.05, 4.69) is 206 Å². The molecule has 13 aromatic carbocycles. The highest BCUT2D eigenvalue weighted by Crippen LogP contribution is 2.47. The summed E-state index contributed by atoms with van der Waals surface area (Å²) in [6.07, 6.45) is 0. The van der Waals surface area contributed by atoms with Gasteiger partial charge in [-0.05, 0) is 161 Å². The lowest BCUT2D eigenvalue weighted by atomic mass is 9.84. The lowest BCUT2D eigenvalue weighted by Crippen LogP contribution is -1.92. The second-order valence-corrected chi connectivity index (χ2v) is 15.9. The Morgan fingerprint density at radius 3 is 1.43 bits per heavy atom. The van der Waals surface area contributed by atoms with Gasteiger partial charge in [0.05, 0.1) is 0 Å². The minimum Gasteiger partial charge on any atom is -0.0622 e. The van der Waals surface area contributed by atoms with Crippen LogP contribution in [-0.4, -0.2) is 0 Å². The van der Waals surface area contributed by atoms with Crippen molar-refractivity contribution in [3.05, 3.63) is 206 Å². The number of hydrogen-bond donors (Lipinski definition) is 0. The molecule has 0 saturated heterocycles. The van der Waals surface area contributed by atoms with Crippen LogP contribution in [0.5, 0.6) is 0 Å². The maximum Gasteiger partial charge on any atom is -0.00141 e. The summed E-state index contributed by atoms with van der Waals surface area (Å²) < 4.78 is 0. The quantitative estimate of drug-likeness (QED) is 0.125. The zero-order valence-electron chi connectivity index (χ0n) is 31.6. The van der Waals surface area contributed by atoms with E-state index >= 15 is 0 Å². The molecule has 0 radical (unpaired) electrons. The zero-order valence-corrected chi connectivity index (χ0v) is 31.6. The highest BCUT2D eigenvalue weighted by atomic mass is 14.2. The van der Waals surface area contributed by atoms with E-state index in [1.165, 1.54) is 130 Å². The topological polar surface area (TPSA) is 0 Å². The van der Waals surface area contributed by atoms with E-state index < -0.39 is 0 Å². The normalized spacial score (nSPS) is 12.1. The van der Waals surface area contributed by atoms with E-state index in [4.69, 9.17) is 0 Å². The van der Waals surface area contributed by atoms with Crippen LogP contribution in [0.3, 0.4) is 0 Å². The Hall–Kier alpha value is -7.54. The van der Waals surface area contributed by atoms with Gasteiger partial charge in [-0.2, -0.15) is 0 Å². The third-order valence-corrected chi connectivity index (χ3v) is 12.9. The summed E-state index contributed by atoms with van der Waals surface area (Å²) in [5, 5.41) is 23.2.